The summed E-state index contributed by atoms with van der Waals surface area (Å²) in [5.74, 6) is 0.955. The summed E-state index contributed by atoms with van der Waals surface area (Å²) in [5, 5.41) is 6.74. The van der Waals surface area contributed by atoms with Gasteiger partial charge < -0.3 is 10.6 Å². The van der Waals surface area contributed by atoms with E-state index < -0.39 is 0 Å². The van der Waals surface area contributed by atoms with E-state index in [0.717, 1.165) is 12.3 Å². The van der Waals surface area contributed by atoms with E-state index in [2.05, 4.69) is 45.3 Å². The molecule has 0 spiro atoms. The van der Waals surface area contributed by atoms with Crippen molar-refractivity contribution < 1.29 is 4.79 Å². The smallest absolute Gasteiger partial charge is 0.237 e. The summed E-state index contributed by atoms with van der Waals surface area (Å²) in [6.45, 7) is 13.3. The summed E-state index contributed by atoms with van der Waals surface area (Å²) in [5.41, 5.74) is 0.678. The van der Waals surface area contributed by atoms with Crippen LogP contribution in [-0.2, 0) is 4.79 Å². The van der Waals surface area contributed by atoms with Crippen molar-refractivity contribution in [3.63, 3.8) is 0 Å². The summed E-state index contributed by atoms with van der Waals surface area (Å²) in [6.07, 6.45) is 4.96. The molecule has 2 aliphatic carbocycles. The molecule has 1 amide bonds. The zero-order chi connectivity index (χ0) is 15.1. The number of rotatable bonds is 5. The molecule has 5 unspecified atom stereocenters. The number of amides is 1. The first-order valence-corrected chi connectivity index (χ1v) is 8.27. The van der Waals surface area contributed by atoms with Crippen LogP contribution in [0.2, 0.25) is 0 Å². The molecule has 20 heavy (non-hydrogen) atoms. The normalized spacial score (nSPS) is 37.7. The van der Waals surface area contributed by atoms with Crippen LogP contribution in [-0.4, -0.2) is 24.0 Å². The SMILES string of the molecule is CCC(C)NC(=O)C(C)NC1C2(C)CCC(C2)C1(C)C. The van der Waals surface area contributed by atoms with Gasteiger partial charge in [0.15, 0.2) is 0 Å². The lowest BCUT2D eigenvalue weighted by Crippen LogP contribution is -2.57. The van der Waals surface area contributed by atoms with E-state index in [1.807, 2.05) is 6.92 Å². The first-order chi connectivity index (χ1) is 9.20. The molecule has 3 heteroatoms. The highest BCUT2D eigenvalue weighted by molar-refractivity contribution is 5.81. The van der Waals surface area contributed by atoms with Crippen LogP contribution in [0.5, 0.6) is 0 Å². The summed E-state index contributed by atoms with van der Waals surface area (Å²) in [4.78, 5) is 12.2. The third-order valence-electron chi connectivity index (χ3n) is 6.08. The standard InChI is InChI=1S/C17H32N2O/c1-7-11(2)18-14(20)12(3)19-15-16(4,5)13-8-9-17(15,6)10-13/h11-13,15,19H,7-10H2,1-6H3,(H,18,20). The van der Waals surface area contributed by atoms with Gasteiger partial charge in [0.1, 0.15) is 0 Å². The molecule has 0 aromatic carbocycles. The molecule has 2 aliphatic rings. The molecule has 116 valence electrons. The van der Waals surface area contributed by atoms with Crippen molar-refractivity contribution >= 4 is 5.91 Å². The monoisotopic (exact) mass is 280 g/mol. The predicted octanol–water partition coefficient (Wildman–Crippen LogP) is 3.09. The lowest BCUT2D eigenvalue weighted by molar-refractivity contribution is -0.124. The molecule has 0 radical (unpaired) electrons. The zero-order valence-electron chi connectivity index (χ0n) is 14.0. The first kappa shape index (κ1) is 15.8. The third-order valence-corrected chi connectivity index (χ3v) is 6.08. The minimum Gasteiger partial charge on any atom is -0.352 e. The maximum atomic E-state index is 12.2. The van der Waals surface area contributed by atoms with Crippen molar-refractivity contribution in [1.82, 2.24) is 10.6 Å². The van der Waals surface area contributed by atoms with Gasteiger partial charge in [-0.2, -0.15) is 0 Å². The minimum atomic E-state index is -0.107. The van der Waals surface area contributed by atoms with Crippen molar-refractivity contribution in [2.24, 2.45) is 16.7 Å². The van der Waals surface area contributed by atoms with E-state index in [1.54, 1.807) is 0 Å². The number of carbonyl (C=O) groups excluding carboxylic acids is 1. The van der Waals surface area contributed by atoms with Crippen LogP contribution in [0.3, 0.4) is 0 Å². The molecule has 2 fully saturated rings. The Bertz CT molecular complexity index is 374. The molecule has 3 nitrogen and oxygen atoms in total. The van der Waals surface area contributed by atoms with Crippen molar-refractivity contribution in [1.29, 1.82) is 0 Å². The van der Waals surface area contributed by atoms with E-state index in [1.165, 1.54) is 19.3 Å². The Hall–Kier alpha value is -0.570. The highest BCUT2D eigenvalue weighted by atomic mass is 16.2. The molecule has 0 aromatic rings. The van der Waals surface area contributed by atoms with E-state index in [9.17, 15) is 4.79 Å². The molecule has 2 bridgehead atoms. The van der Waals surface area contributed by atoms with E-state index >= 15 is 0 Å². The molecule has 5 atom stereocenters. The second-order valence-corrected chi connectivity index (χ2v) is 8.05. The summed E-state index contributed by atoms with van der Waals surface area (Å²) in [6, 6.07) is 0.603. The Morgan fingerprint density at radius 2 is 1.95 bits per heavy atom. The second kappa shape index (κ2) is 5.32. The van der Waals surface area contributed by atoms with Crippen LogP contribution < -0.4 is 10.6 Å². The fraction of sp³-hybridized carbons (Fsp3) is 0.941. The zero-order valence-corrected chi connectivity index (χ0v) is 14.0. The summed E-state index contributed by atoms with van der Waals surface area (Å²) < 4.78 is 0. The van der Waals surface area contributed by atoms with Gasteiger partial charge in [-0.25, -0.2) is 0 Å². The van der Waals surface area contributed by atoms with Gasteiger partial charge >= 0.3 is 0 Å². The average molecular weight is 280 g/mol. The quantitative estimate of drug-likeness (QED) is 0.812. The fourth-order valence-corrected chi connectivity index (χ4v) is 4.51. The number of hydrogen-bond acceptors (Lipinski definition) is 2. The Balaban J connectivity index is 2.00. The highest BCUT2D eigenvalue weighted by Gasteiger charge is 2.59. The van der Waals surface area contributed by atoms with Crippen LogP contribution in [0.15, 0.2) is 0 Å². The molecular formula is C17H32N2O. The lowest BCUT2D eigenvalue weighted by Gasteiger charge is -2.44. The van der Waals surface area contributed by atoms with Gasteiger partial charge in [-0.15, -0.1) is 0 Å². The first-order valence-electron chi connectivity index (χ1n) is 8.27. The molecule has 0 saturated heterocycles. The summed E-state index contributed by atoms with van der Waals surface area (Å²) >= 11 is 0. The number of nitrogens with one attached hydrogen (secondary N) is 2. The molecule has 2 rings (SSSR count). The van der Waals surface area contributed by atoms with Crippen molar-refractivity contribution in [3.05, 3.63) is 0 Å². The molecule has 0 aromatic heterocycles. The van der Waals surface area contributed by atoms with Gasteiger partial charge in [0, 0.05) is 12.1 Å². The molecule has 0 aliphatic heterocycles. The van der Waals surface area contributed by atoms with Gasteiger partial charge in [0.2, 0.25) is 5.91 Å². The largest absolute Gasteiger partial charge is 0.352 e. The van der Waals surface area contributed by atoms with Gasteiger partial charge in [0.25, 0.3) is 0 Å². The van der Waals surface area contributed by atoms with Crippen LogP contribution in [0.1, 0.15) is 67.2 Å². The van der Waals surface area contributed by atoms with Crippen LogP contribution in [0, 0.1) is 16.7 Å². The topological polar surface area (TPSA) is 41.1 Å². The Labute approximate surface area is 124 Å². The average Bonchev–Trinajstić information content (AvgIpc) is 2.85. The van der Waals surface area contributed by atoms with Crippen LogP contribution in [0.4, 0.5) is 0 Å². The molecular weight excluding hydrogens is 248 g/mol. The maximum absolute atomic E-state index is 12.2. The Morgan fingerprint density at radius 3 is 2.45 bits per heavy atom. The van der Waals surface area contributed by atoms with E-state index in [-0.39, 0.29) is 18.0 Å². The Morgan fingerprint density at radius 1 is 1.30 bits per heavy atom. The van der Waals surface area contributed by atoms with E-state index in [0.29, 0.717) is 16.9 Å². The van der Waals surface area contributed by atoms with Crippen LogP contribution >= 0.6 is 0 Å². The molecule has 0 heterocycles. The lowest BCUT2D eigenvalue weighted by atomic mass is 9.68. The minimum absolute atomic E-state index is 0.107. The predicted molar refractivity (Wildman–Crippen MR) is 83.5 cm³/mol. The second-order valence-electron chi connectivity index (χ2n) is 8.05. The van der Waals surface area contributed by atoms with Crippen molar-refractivity contribution in [2.75, 3.05) is 0 Å². The Kier molecular flexibility index (Phi) is 4.21. The highest BCUT2D eigenvalue weighted by Crippen LogP contribution is 2.62. The third kappa shape index (κ3) is 2.61. The van der Waals surface area contributed by atoms with Gasteiger partial charge in [0.05, 0.1) is 6.04 Å². The van der Waals surface area contributed by atoms with Crippen molar-refractivity contribution in [2.45, 2.75) is 85.4 Å². The molecule has 2 N–H and O–H groups in total. The number of fused-ring (bicyclic) bond motifs is 2. The number of carbonyl (C=O) groups is 1. The fourth-order valence-electron chi connectivity index (χ4n) is 4.51. The maximum Gasteiger partial charge on any atom is 0.237 e. The van der Waals surface area contributed by atoms with Gasteiger partial charge in [-0.05, 0) is 56.3 Å². The van der Waals surface area contributed by atoms with Gasteiger partial charge in [-0.1, -0.05) is 27.7 Å². The summed E-state index contributed by atoms with van der Waals surface area (Å²) in [7, 11) is 0. The molecule has 2 saturated carbocycles. The van der Waals surface area contributed by atoms with Gasteiger partial charge in [-0.3, -0.25) is 4.79 Å². The number of hydrogen-bond donors (Lipinski definition) is 2. The van der Waals surface area contributed by atoms with Crippen LogP contribution in [0.25, 0.3) is 0 Å². The van der Waals surface area contributed by atoms with Crippen molar-refractivity contribution in [3.8, 4) is 0 Å². The van der Waals surface area contributed by atoms with E-state index in [4.69, 9.17) is 0 Å².